The van der Waals surface area contributed by atoms with Crippen molar-refractivity contribution in [2.24, 2.45) is 5.41 Å². The van der Waals surface area contributed by atoms with E-state index >= 15 is 0 Å². The van der Waals surface area contributed by atoms with Crippen LogP contribution >= 0.6 is 15.9 Å². The average molecular weight is 342 g/mol. The summed E-state index contributed by atoms with van der Waals surface area (Å²) in [6, 6.07) is 5.47. The summed E-state index contributed by atoms with van der Waals surface area (Å²) in [5.41, 5.74) is 1.61. The average Bonchev–Trinajstić information content (AvgIpc) is 2.44. The molecule has 1 N–H and O–H groups in total. The summed E-state index contributed by atoms with van der Waals surface area (Å²) >= 11 is 3.30. The Labute approximate surface area is 130 Å². The fraction of sp³-hybridized carbons (Fsp3) is 0.647. The molecule has 20 heavy (non-hydrogen) atoms. The number of hydrogen-bond donors (Lipinski definition) is 1. The Morgan fingerprint density at radius 3 is 2.65 bits per heavy atom. The first-order valence-corrected chi connectivity index (χ1v) is 8.59. The first kappa shape index (κ1) is 16.0. The molecule has 0 amide bonds. The van der Waals surface area contributed by atoms with Gasteiger partial charge in [-0.15, -0.1) is 0 Å². The maximum Gasteiger partial charge on any atom is 0.137 e. The molecule has 112 valence electrons. The third kappa shape index (κ3) is 4.29. The molecule has 1 fully saturated rings. The fourth-order valence-electron chi connectivity index (χ4n) is 3.33. The van der Waals surface area contributed by atoms with Crippen LogP contribution in [0.15, 0.2) is 22.7 Å². The summed E-state index contributed by atoms with van der Waals surface area (Å²) in [7, 11) is 0. The molecule has 0 saturated heterocycles. The molecule has 0 radical (unpaired) electrons. The molecular weight excluding hydrogens is 317 g/mol. The van der Waals surface area contributed by atoms with Gasteiger partial charge in [-0.1, -0.05) is 32.3 Å². The zero-order chi connectivity index (χ0) is 14.4. The number of hydrogen-bond acceptors (Lipinski definition) is 1. The van der Waals surface area contributed by atoms with Crippen molar-refractivity contribution in [3.63, 3.8) is 0 Å². The Kier molecular flexibility index (Phi) is 6.03. The topological polar surface area (TPSA) is 12.0 Å². The Morgan fingerprint density at radius 1 is 1.25 bits per heavy atom. The van der Waals surface area contributed by atoms with Crippen LogP contribution in [0.2, 0.25) is 0 Å². The minimum absolute atomic E-state index is 0.171. The molecule has 1 aromatic carbocycles. The SMILES string of the molecule is CCCNCC1(Cc2ccc(F)c(Br)c2)CCCCC1. The van der Waals surface area contributed by atoms with Crippen LogP contribution in [0.3, 0.4) is 0 Å². The first-order valence-electron chi connectivity index (χ1n) is 7.80. The Bertz CT molecular complexity index is 427. The van der Waals surface area contributed by atoms with Gasteiger partial charge in [0.25, 0.3) is 0 Å². The summed E-state index contributed by atoms with van der Waals surface area (Å²) in [6.45, 7) is 4.39. The maximum atomic E-state index is 13.4. The van der Waals surface area contributed by atoms with Crippen LogP contribution in [0.1, 0.15) is 51.0 Å². The van der Waals surface area contributed by atoms with E-state index in [0.717, 1.165) is 19.5 Å². The molecule has 3 heteroatoms. The van der Waals surface area contributed by atoms with E-state index in [0.29, 0.717) is 9.89 Å². The van der Waals surface area contributed by atoms with Crippen LogP contribution < -0.4 is 5.32 Å². The van der Waals surface area contributed by atoms with Crippen LogP contribution in [0.5, 0.6) is 0 Å². The molecule has 0 aliphatic heterocycles. The lowest BCUT2D eigenvalue weighted by molar-refractivity contribution is 0.181. The molecular formula is C17H25BrFN. The zero-order valence-electron chi connectivity index (χ0n) is 12.4. The van der Waals surface area contributed by atoms with Crippen molar-refractivity contribution in [1.29, 1.82) is 0 Å². The van der Waals surface area contributed by atoms with E-state index < -0.39 is 0 Å². The van der Waals surface area contributed by atoms with Crippen molar-refractivity contribution in [2.45, 2.75) is 51.9 Å². The first-order chi connectivity index (χ1) is 9.65. The molecule has 2 rings (SSSR count). The van der Waals surface area contributed by atoms with Gasteiger partial charge in [0, 0.05) is 6.54 Å². The molecule has 1 saturated carbocycles. The molecule has 1 nitrogen and oxygen atoms in total. The van der Waals surface area contributed by atoms with E-state index in [2.05, 4.69) is 28.2 Å². The van der Waals surface area contributed by atoms with Gasteiger partial charge in [0.05, 0.1) is 4.47 Å². The lowest BCUT2D eigenvalue weighted by Gasteiger charge is -2.38. The predicted octanol–water partition coefficient (Wildman–Crippen LogP) is 5.08. The summed E-state index contributed by atoms with van der Waals surface area (Å²) in [4.78, 5) is 0. The molecule has 0 aromatic heterocycles. The van der Waals surface area contributed by atoms with Crippen molar-refractivity contribution >= 4 is 15.9 Å². The minimum Gasteiger partial charge on any atom is -0.316 e. The number of rotatable bonds is 6. The highest BCUT2D eigenvalue weighted by molar-refractivity contribution is 9.10. The zero-order valence-corrected chi connectivity index (χ0v) is 13.9. The smallest absolute Gasteiger partial charge is 0.137 e. The fourth-order valence-corrected chi connectivity index (χ4v) is 3.76. The maximum absolute atomic E-state index is 13.4. The van der Waals surface area contributed by atoms with Gasteiger partial charge in [-0.2, -0.15) is 0 Å². The number of benzene rings is 1. The molecule has 0 unspecified atom stereocenters. The second-order valence-electron chi connectivity index (χ2n) is 6.16. The van der Waals surface area contributed by atoms with Gasteiger partial charge in [-0.05, 0) is 71.3 Å². The summed E-state index contributed by atoms with van der Waals surface area (Å²) in [5, 5.41) is 3.61. The van der Waals surface area contributed by atoms with E-state index in [9.17, 15) is 4.39 Å². The quantitative estimate of drug-likeness (QED) is 0.711. The molecule has 1 aliphatic rings. The number of halogens is 2. The molecule has 0 spiro atoms. The van der Waals surface area contributed by atoms with Gasteiger partial charge in [-0.3, -0.25) is 0 Å². The van der Waals surface area contributed by atoms with Crippen molar-refractivity contribution < 1.29 is 4.39 Å². The van der Waals surface area contributed by atoms with E-state index in [1.165, 1.54) is 44.1 Å². The second kappa shape index (κ2) is 7.56. The van der Waals surface area contributed by atoms with Gasteiger partial charge in [-0.25, -0.2) is 4.39 Å². The van der Waals surface area contributed by atoms with Gasteiger partial charge < -0.3 is 5.32 Å². The van der Waals surface area contributed by atoms with Crippen molar-refractivity contribution in [2.75, 3.05) is 13.1 Å². The highest BCUT2D eigenvalue weighted by atomic mass is 79.9. The molecule has 0 heterocycles. The Morgan fingerprint density at radius 2 is 2.00 bits per heavy atom. The summed E-state index contributed by atoms with van der Waals surface area (Å²) in [5.74, 6) is -0.171. The van der Waals surface area contributed by atoms with Crippen LogP contribution in [-0.4, -0.2) is 13.1 Å². The predicted molar refractivity (Wildman–Crippen MR) is 86.5 cm³/mol. The second-order valence-corrected chi connectivity index (χ2v) is 7.02. The minimum atomic E-state index is -0.171. The van der Waals surface area contributed by atoms with Crippen LogP contribution in [0.4, 0.5) is 4.39 Å². The van der Waals surface area contributed by atoms with E-state index in [4.69, 9.17) is 0 Å². The van der Waals surface area contributed by atoms with E-state index in [1.54, 1.807) is 6.07 Å². The lowest BCUT2D eigenvalue weighted by atomic mass is 9.70. The van der Waals surface area contributed by atoms with Gasteiger partial charge in [0.1, 0.15) is 5.82 Å². The third-order valence-electron chi connectivity index (χ3n) is 4.40. The normalized spacial score (nSPS) is 18.1. The van der Waals surface area contributed by atoms with Crippen molar-refractivity contribution in [3.05, 3.63) is 34.1 Å². The van der Waals surface area contributed by atoms with Crippen molar-refractivity contribution in [3.8, 4) is 0 Å². The van der Waals surface area contributed by atoms with Crippen molar-refractivity contribution in [1.82, 2.24) is 5.32 Å². The molecule has 0 atom stereocenters. The molecule has 1 aliphatic carbocycles. The lowest BCUT2D eigenvalue weighted by Crippen LogP contribution is -2.38. The number of nitrogens with one attached hydrogen (secondary N) is 1. The molecule has 0 bridgehead atoms. The largest absolute Gasteiger partial charge is 0.316 e. The van der Waals surface area contributed by atoms with E-state index in [-0.39, 0.29) is 5.82 Å². The Balaban J connectivity index is 2.07. The van der Waals surface area contributed by atoms with Gasteiger partial charge >= 0.3 is 0 Å². The van der Waals surface area contributed by atoms with Crippen LogP contribution in [-0.2, 0) is 6.42 Å². The third-order valence-corrected chi connectivity index (χ3v) is 5.01. The highest BCUT2D eigenvalue weighted by Crippen LogP contribution is 2.39. The Hall–Kier alpha value is -0.410. The van der Waals surface area contributed by atoms with Crippen LogP contribution in [0, 0.1) is 11.2 Å². The van der Waals surface area contributed by atoms with Gasteiger partial charge in [0.2, 0.25) is 0 Å². The van der Waals surface area contributed by atoms with Crippen LogP contribution in [0.25, 0.3) is 0 Å². The van der Waals surface area contributed by atoms with E-state index in [1.807, 2.05) is 12.1 Å². The van der Waals surface area contributed by atoms with Gasteiger partial charge in [0.15, 0.2) is 0 Å². The standard InChI is InChI=1S/C17H25BrFN/c1-2-10-20-13-17(8-4-3-5-9-17)12-14-6-7-16(19)15(18)11-14/h6-7,11,20H,2-5,8-10,12-13H2,1H3. The highest BCUT2D eigenvalue weighted by Gasteiger charge is 2.31. The molecule has 1 aromatic rings. The summed E-state index contributed by atoms with van der Waals surface area (Å²) < 4.78 is 13.9. The monoisotopic (exact) mass is 341 g/mol. The summed E-state index contributed by atoms with van der Waals surface area (Å²) in [6.07, 6.45) is 8.84.